The zero-order chi connectivity index (χ0) is 8.27. The van der Waals surface area contributed by atoms with E-state index in [2.05, 4.69) is 15.3 Å². The average Bonchev–Trinajstić information content (AvgIpc) is 2.03. The van der Waals surface area contributed by atoms with Crippen molar-refractivity contribution in [2.45, 2.75) is 13.5 Å². The summed E-state index contributed by atoms with van der Waals surface area (Å²) in [5.74, 6) is 0.550. The molecule has 2 N–H and O–H groups in total. The maximum absolute atomic E-state index is 8.76. The highest BCUT2D eigenvalue weighted by atomic mass is 16.3. The van der Waals surface area contributed by atoms with Gasteiger partial charge in [0, 0.05) is 12.7 Å². The maximum atomic E-state index is 8.76. The van der Waals surface area contributed by atoms with Crippen molar-refractivity contribution in [1.82, 2.24) is 9.97 Å². The Labute approximate surface area is 65.3 Å². The minimum absolute atomic E-state index is 0.0436. The Kier molecular flexibility index (Phi) is 2.38. The van der Waals surface area contributed by atoms with Crippen LogP contribution < -0.4 is 5.32 Å². The van der Waals surface area contributed by atoms with Gasteiger partial charge in [0.1, 0.15) is 0 Å². The molecule has 0 amide bonds. The zero-order valence-corrected chi connectivity index (χ0v) is 6.63. The number of aryl methyl sites for hydroxylation is 1. The monoisotopic (exact) mass is 153 g/mol. The number of aliphatic hydroxyl groups is 1. The number of anilines is 1. The van der Waals surface area contributed by atoms with Crippen molar-refractivity contribution in [1.29, 1.82) is 0 Å². The molecule has 1 aromatic rings. The lowest BCUT2D eigenvalue weighted by Crippen LogP contribution is -2.01. The lowest BCUT2D eigenvalue weighted by molar-refractivity contribution is 0.276. The maximum Gasteiger partial charge on any atom is 0.222 e. The first-order valence-electron chi connectivity index (χ1n) is 3.39. The first kappa shape index (κ1) is 7.94. The van der Waals surface area contributed by atoms with Gasteiger partial charge in [-0.15, -0.1) is 0 Å². The fourth-order valence-corrected chi connectivity index (χ4v) is 0.827. The summed E-state index contributed by atoms with van der Waals surface area (Å²) in [7, 11) is 1.75. The van der Waals surface area contributed by atoms with Crippen LogP contribution in [-0.2, 0) is 6.61 Å². The molecule has 1 aromatic heterocycles. The molecule has 60 valence electrons. The summed E-state index contributed by atoms with van der Waals surface area (Å²) in [6.45, 7) is 1.82. The van der Waals surface area contributed by atoms with Crippen molar-refractivity contribution < 1.29 is 5.11 Å². The van der Waals surface area contributed by atoms with Gasteiger partial charge < -0.3 is 10.4 Å². The van der Waals surface area contributed by atoms with Gasteiger partial charge in [0.15, 0.2) is 0 Å². The zero-order valence-electron chi connectivity index (χ0n) is 6.63. The quantitative estimate of drug-likeness (QED) is 0.642. The first-order valence-corrected chi connectivity index (χ1v) is 3.39. The number of aromatic nitrogens is 2. The largest absolute Gasteiger partial charge is 0.390 e. The van der Waals surface area contributed by atoms with E-state index in [1.807, 2.05) is 6.92 Å². The summed E-state index contributed by atoms with van der Waals surface area (Å²) < 4.78 is 0. The second-order valence-electron chi connectivity index (χ2n) is 2.23. The van der Waals surface area contributed by atoms with Crippen LogP contribution in [0.2, 0.25) is 0 Å². The van der Waals surface area contributed by atoms with E-state index in [1.165, 1.54) is 0 Å². The lowest BCUT2D eigenvalue weighted by atomic mass is 10.3. The molecule has 0 saturated heterocycles. The smallest absolute Gasteiger partial charge is 0.222 e. The Hall–Kier alpha value is -1.16. The molecule has 0 aliphatic carbocycles. The average molecular weight is 153 g/mol. The fourth-order valence-electron chi connectivity index (χ4n) is 0.827. The Morgan fingerprint density at radius 2 is 2.27 bits per heavy atom. The Morgan fingerprint density at radius 1 is 1.55 bits per heavy atom. The van der Waals surface area contributed by atoms with Gasteiger partial charge >= 0.3 is 0 Å². The van der Waals surface area contributed by atoms with Crippen LogP contribution in [0, 0.1) is 6.92 Å². The molecule has 0 saturated carbocycles. The van der Waals surface area contributed by atoms with Crippen LogP contribution in [-0.4, -0.2) is 22.1 Å². The van der Waals surface area contributed by atoms with Gasteiger partial charge in [-0.3, -0.25) is 0 Å². The van der Waals surface area contributed by atoms with E-state index in [9.17, 15) is 0 Å². The minimum Gasteiger partial charge on any atom is -0.390 e. The van der Waals surface area contributed by atoms with E-state index in [0.29, 0.717) is 11.6 Å². The number of nitrogens with one attached hydrogen (secondary N) is 1. The fraction of sp³-hybridized carbons (Fsp3) is 0.429. The number of hydrogen-bond donors (Lipinski definition) is 2. The molecular weight excluding hydrogens is 142 g/mol. The first-order chi connectivity index (χ1) is 5.26. The van der Waals surface area contributed by atoms with E-state index in [-0.39, 0.29) is 6.61 Å². The molecule has 0 atom stereocenters. The van der Waals surface area contributed by atoms with Crippen LogP contribution in [0.15, 0.2) is 6.07 Å². The Bertz CT molecular complexity index is 227. The van der Waals surface area contributed by atoms with E-state index in [4.69, 9.17) is 5.11 Å². The summed E-state index contributed by atoms with van der Waals surface area (Å²) in [4.78, 5) is 8.07. The summed E-state index contributed by atoms with van der Waals surface area (Å²) in [6, 6.07) is 1.75. The van der Waals surface area contributed by atoms with Gasteiger partial charge in [-0.2, -0.15) is 0 Å². The molecule has 0 unspecified atom stereocenters. The summed E-state index contributed by atoms with van der Waals surface area (Å²) in [6.07, 6.45) is 0. The third-order valence-corrected chi connectivity index (χ3v) is 1.29. The van der Waals surface area contributed by atoms with Gasteiger partial charge in [-0.05, 0) is 13.0 Å². The molecular formula is C7H11N3O. The molecule has 4 heteroatoms. The number of hydrogen-bond acceptors (Lipinski definition) is 4. The molecule has 0 aromatic carbocycles. The van der Waals surface area contributed by atoms with Gasteiger partial charge in [-0.1, -0.05) is 0 Å². The van der Waals surface area contributed by atoms with Crippen molar-refractivity contribution in [3.05, 3.63) is 17.5 Å². The van der Waals surface area contributed by atoms with Crippen LogP contribution >= 0.6 is 0 Å². The standard InChI is InChI=1S/C7H11N3O/c1-5-3-6(4-11)10-7(8-2)9-5/h3,11H,4H2,1-2H3,(H,8,9,10). The molecule has 1 rings (SSSR count). The van der Waals surface area contributed by atoms with Gasteiger partial charge in [0.05, 0.1) is 12.3 Å². The number of rotatable bonds is 2. The third kappa shape index (κ3) is 1.88. The topological polar surface area (TPSA) is 58.0 Å². The highest BCUT2D eigenvalue weighted by molar-refractivity contribution is 5.26. The van der Waals surface area contributed by atoms with E-state index in [0.717, 1.165) is 5.69 Å². The molecule has 0 radical (unpaired) electrons. The van der Waals surface area contributed by atoms with Crippen LogP contribution in [0.5, 0.6) is 0 Å². The SMILES string of the molecule is CNc1nc(C)cc(CO)n1. The summed E-state index contributed by atoms with van der Waals surface area (Å²) >= 11 is 0. The molecule has 0 fully saturated rings. The molecule has 0 spiro atoms. The molecule has 0 bridgehead atoms. The van der Waals surface area contributed by atoms with Crippen molar-refractivity contribution in [3.63, 3.8) is 0 Å². The van der Waals surface area contributed by atoms with Gasteiger partial charge in [0.25, 0.3) is 0 Å². The van der Waals surface area contributed by atoms with E-state index < -0.39 is 0 Å². The third-order valence-electron chi connectivity index (χ3n) is 1.29. The number of nitrogens with zero attached hydrogens (tertiary/aromatic N) is 2. The molecule has 11 heavy (non-hydrogen) atoms. The molecule has 1 heterocycles. The van der Waals surface area contributed by atoms with Crippen LogP contribution in [0.4, 0.5) is 5.95 Å². The van der Waals surface area contributed by atoms with Crippen molar-refractivity contribution >= 4 is 5.95 Å². The minimum atomic E-state index is -0.0436. The summed E-state index contributed by atoms with van der Waals surface area (Å²) in [5.41, 5.74) is 1.50. The Balaban J connectivity index is 3.02. The van der Waals surface area contributed by atoms with E-state index in [1.54, 1.807) is 13.1 Å². The number of aliphatic hydroxyl groups excluding tert-OH is 1. The molecule has 0 aliphatic rings. The van der Waals surface area contributed by atoms with E-state index >= 15 is 0 Å². The highest BCUT2D eigenvalue weighted by Crippen LogP contribution is 2.03. The van der Waals surface area contributed by atoms with Gasteiger partial charge in [-0.25, -0.2) is 9.97 Å². The normalized spacial score (nSPS) is 9.73. The highest BCUT2D eigenvalue weighted by Gasteiger charge is 1.97. The lowest BCUT2D eigenvalue weighted by Gasteiger charge is -2.01. The molecule has 4 nitrogen and oxygen atoms in total. The molecule has 0 aliphatic heterocycles. The van der Waals surface area contributed by atoms with Crippen LogP contribution in [0.3, 0.4) is 0 Å². The summed E-state index contributed by atoms with van der Waals surface area (Å²) in [5, 5.41) is 11.6. The van der Waals surface area contributed by atoms with Gasteiger partial charge in [0.2, 0.25) is 5.95 Å². The predicted octanol–water partition coefficient (Wildman–Crippen LogP) is 0.319. The van der Waals surface area contributed by atoms with Crippen molar-refractivity contribution in [2.24, 2.45) is 0 Å². The van der Waals surface area contributed by atoms with Crippen molar-refractivity contribution in [2.75, 3.05) is 12.4 Å². The predicted molar refractivity (Wildman–Crippen MR) is 42.2 cm³/mol. The van der Waals surface area contributed by atoms with Crippen LogP contribution in [0.25, 0.3) is 0 Å². The van der Waals surface area contributed by atoms with Crippen molar-refractivity contribution in [3.8, 4) is 0 Å². The second-order valence-corrected chi connectivity index (χ2v) is 2.23. The van der Waals surface area contributed by atoms with Crippen LogP contribution in [0.1, 0.15) is 11.4 Å². The Morgan fingerprint density at radius 3 is 2.82 bits per heavy atom. The second kappa shape index (κ2) is 3.30.